The minimum absolute atomic E-state index is 0.282. The van der Waals surface area contributed by atoms with Crippen molar-refractivity contribution in [1.29, 1.82) is 0 Å². The fraction of sp³-hybridized carbons (Fsp3) is 0.500. The Hall–Kier alpha value is 0.220. The normalized spacial score (nSPS) is 14.2. The molecule has 0 aliphatic carbocycles. The van der Waals surface area contributed by atoms with E-state index >= 15 is 0 Å². The molecule has 8 heteroatoms. The zero-order valence-corrected chi connectivity index (χ0v) is 20.5. The molecule has 2 heterocycles. The molecule has 1 aromatic carbocycles. The molecule has 0 amide bonds. The van der Waals surface area contributed by atoms with Crippen molar-refractivity contribution in [2.75, 3.05) is 13.1 Å². The molecule has 2 nitrogen and oxygen atoms in total. The quantitative estimate of drug-likeness (QED) is 0.166. The first-order valence-electron chi connectivity index (χ1n) is 9.56. The van der Waals surface area contributed by atoms with Crippen molar-refractivity contribution in [1.82, 2.24) is 10.6 Å². The average molecular weight is 498 g/mol. The Balaban J connectivity index is 1.91. The van der Waals surface area contributed by atoms with E-state index in [9.17, 15) is 0 Å². The smallest absolute Gasteiger partial charge is 0.119 e. The molecule has 0 aliphatic rings. The highest BCUT2D eigenvalue weighted by atomic mass is 35.5. The van der Waals surface area contributed by atoms with Crippen LogP contribution in [0.15, 0.2) is 12.1 Å². The lowest BCUT2D eigenvalue weighted by Gasteiger charge is -2.10. The largest absolute Gasteiger partial charge is 0.297 e. The molecule has 154 valence electrons. The Labute approximate surface area is 194 Å². The Morgan fingerprint density at radius 1 is 0.786 bits per heavy atom. The SMILES string of the molecule is CCCCNC(Cl)c1sc2cc3c(Cl)c(C(Cl)NCCCC)sc3cc2c1Cl. The summed E-state index contributed by atoms with van der Waals surface area (Å²) in [6.45, 7) is 6.07. The lowest BCUT2D eigenvalue weighted by Crippen LogP contribution is -2.17. The molecular weight excluding hydrogens is 474 g/mol. The van der Waals surface area contributed by atoms with E-state index < -0.39 is 0 Å². The Bertz CT molecular complexity index is 861. The fourth-order valence-corrected chi connectivity index (χ4v) is 6.82. The Morgan fingerprint density at radius 3 is 1.54 bits per heavy atom. The molecule has 2 aromatic heterocycles. The maximum Gasteiger partial charge on any atom is 0.119 e. The second kappa shape index (κ2) is 10.5. The van der Waals surface area contributed by atoms with Gasteiger partial charge in [0, 0.05) is 20.2 Å². The maximum atomic E-state index is 6.68. The lowest BCUT2D eigenvalue weighted by molar-refractivity contribution is 0.631. The van der Waals surface area contributed by atoms with E-state index in [4.69, 9.17) is 46.4 Å². The monoisotopic (exact) mass is 496 g/mol. The summed E-state index contributed by atoms with van der Waals surface area (Å²) in [5.41, 5.74) is -0.564. The van der Waals surface area contributed by atoms with E-state index in [0.29, 0.717) is 0 Å². The zero-order chi connectivity index (χ0) is 20.3. The van der Waals surface area contributed by atoms with E-state index in [1.165, 1.54) is 0 Å². The second-order valence-electron chi connectivity index (χ2n) is 6.75. The number of rotatable bonds is 10. The average Bonchev–Trinajstić information content (AvgIpc) is 3.18. The molecule has 0 fully saturated rings. The maximum absolute atomic E-state index is 6.68. The highest BCUT2D eigenvalue weighted by molar-refractivity contribution is 7.21. The van der Waals surface area contributed by atoms with E-state index in [0.717, 1.165) is 78.7 Å². The van der Waals surface area contributed by atoms with Gasteiger partial charge >= 0.3 is 0 Å². The van der Waals surface area contributed by atoms with Gasteiger partial charge in [0.25, 0.3) is 0 Å². The van der Waals surface area contributed by atoms with Gasteiger partial charge in [0.2, 0.25) is 0 Å². The summed E-state index contributed by atoms with van der Waals surface area (Å²) in [5.74, 6) is 0. The van der Waals surface area contributed by atoms with E-state index in [1.807, 2.05) is 0 Å². The van der Waals surface area contributed by atoms with Crippen LogP contribution in [-0.2, 0) is 0 Å². The highest BCUT2D eigenvalue weighted by Crippen LogP contribution is 2.46. The third kappa shape index (κ3) is 4.92. The number of thiophene rings is 2. The van der Waals surface area contributed by atoms with E-state index in [-0.39, 0.29) is 11.0 Å². The summed E-state index contributed by atoms with van der Waals surface area (Å²) >= 11 is 29.7. The molecule has 3 aromatic rings. The zero-order valence-electron chi connectivity index (χ0n) is 15.9. The topological polar surface area (TPSA) is 24.1 Å². The molecule has 0 saturated carbocycles. The van der Waals surface area contributed by atoms with Crippen LogP contribution >= 0.6 is 69.1 Å². The summed E-state index contributed by atoms with van der Waals surface area (Å²) in [7, 11) is 0. The second-order valence-corrected chi connectivity index (χ2v) is 10.5. The van der Waals surface area contributed by atoms with Crippen molar-refractivity contribution in [3.8, 4) is 0 Å². The molecule has 0 radical (unpaired) electrons. The van der Waals surface area contributed by atoms with Gasteiger partial charge in [-0.2, -0.15) is 0 Å². The molecule has 2 unspecified atom stereocenters. The van der Waals surface area contributed by atoms with Crippen LogP contribution in [0.4, 0.5) is 0 Å². The molecule has 3 rings (SSSR count). The van der Waals surface area contributed by atoms with Crippen LogP contribution in [0.5, 0.6) is 0 Å². The minimum Gasteiger partial charge on any atom is -0.297 e. The van der Waals surface area contributed by atoms with Crippen LogP contribution in [0.2, 0.25) is 10.0 Å². The van der Waals surface area contributed by atoms with Crippen LogP contribution in [0.1, 0.15) is 60.3 Å². The number of nitrogens with one attached hydrogen (secondary N) is 2. The van der Waals surface area contributed by atoms with Crippen LogP contribution in [0.3, 0.4) is 0 Å². The summed E-state index contributed by atoms with van der Waals surface area (Å²) < 4.78 is 2.18. The number of hydrogen-bond acceptors (Lipinski definition) is 4. The van der Waals surface area contributed by atoms with Crippen LogP contribution in [0, 0.1) is 0 Å². The molecule has 0 aliphatic heterocycles. The van der Waals surface area contributed by atoms with Crippen LogP contribution in [-0.4, -0.2) is 13.1 Å². The molecule has 2 atom stereocenters. The first-order valence-corrected chi connectivity index (χ1v) is 12.8. The standard InChI is InChI=1S/C20H24Cl4N2S2/c1-3-5-7-25-19(23)17-15(21)11-9-14-12(10-13(11)27-17)16(22)18(28-14)20(24)26-8-6-4-2/h9-10,19-20,25-26H,3-8H2,1-2H3. The molecule has 0 saturated heterocycles. The van der Waals surface area contributed by atoms with Gasteiger partial charge in [0.05, 0.1) is 19.8 Å². The molecule has 28 heavy (non-hydrogen) atoms. The van der Waals surface area contributed by atoms with Gasteiger partial charge in [-0.3, -0.25) is 10.6 Å². The number of halogens is 4. The molecule has 2 N–H and O–H groups in total. The number of unbranched alkanes of at least 4 members (excludes halogenated alkanes) is 2. The Morgan fingerprint density at radius 2 is 1.18 bits per heavy atom. The summed E-state index contributed by atoms with van der Waals surface area (Å²) in [4.78, 5) is 1.92. The third-order valence-corrected chi connectivity index (χ3v) is 9.07. The van der Waals surface area contributed by atoms with Gasteiger partial charge < -0.3 is 0 Å². The number of benzene rings is 1. The van der Waals surface area contributed by atoms with Crippen molar-refractivity contribution in [2.24, 2.45) is 0 Å². The van der Waals surface area contributed by atoms with Gasteiger partial charge in [0.15, 0.2) is 0 Å². The first-order chi connectivity index (χ1) is 13.5. The van der Waals surface area contributed by atoms with Crippen molar-refractivity contribution in [3.63, 3.8) is 0 Å². The summed E-state index contributed by atoms with van der Waals surface area (Å²) in [6.07, 6.45) is 4.43. The van der Waals surface area contributed by atoms with Gasteiger partial charge in [-0.05, 0) is 38.1 Å². The first kappa shape index (κ1) is 22.9. The predicted octanol–water partition coefficient (Wildman–Crippen LogP) is 8.68. The summed E-state index contributed by atoms with van der Waals surface area (Å²) in [5, 5.41) is 10.2. The van der Waals surface area contributed by atoms with Crippen molar-refractivity contribution >= 4 is 89.2 Å². The highest BCUT2D eigenvalue weighted by Gasteiger charge is 2.21. The number of hydrogen-bond donors (Lipinski definition) is 2. The van der Waals surface area contributed by atoms with E-state index in [2.05, 4.69) is 36.6 Å². The Kier molecular flexibility index (Phi) is 8.58. The number of alkyl halides is 2. The van der Waals surface area contributed by atoms with Gasteiger partial charge in [-0.15, -0.1) is 22.7 Å². The van der Waals surface area contributed by atoms with Gasteiger partial charge in [-0.1, -0.05) is 73.1 Å². The molecule has 0 spiro atoms. The van der Waals surface area contributed by atoms with Crippen molar-refractivity contribution < 1.29 is 0 Å². The fourth-order valence-electron chi connectivity index (χ4n) is 2.99. The molecular formula is C20H24Cl4N2S2. The van der Waals surface area contributed by atoms with Gasteiger partial charge in [-0.25, -0.2) is 0 Å². The van der Waals surface area contributed by atoms with E-state index in [1.54, 1.807) is 22.7 Å². The predicted molar refractivity (Wildman–Crippen MR) is 130 cm³/mol. The van der Waals surface area contributed by atoms with Crippen molar-refractivity contribution in [2.45, 2.75) is 50.5 Å². The number of fused-ring (bicyclic) bond motifs is 2. The van der Waals surface area contributed by atoms with Crippen LogP contribution < -0.4 is 10.6 Å². The third-order valence-electron chi connectivity index (χ3n) is 4.60. The minimum atomic E-state index is -0.282. The van der Waals surface area contributed by atoms with Gasteiger partial charge in [0.1, 0.15) is 11.0 Å². The van der Waals surface area contributed by atoms with Crippen LogP contribution in [0.25, 0.3) is 20.2 Å². The molecule has 0 bridgehead atoms. The van der Waals surface area contributed by atoms with Crippen molar-refractivity contribution in [3.05, 3.63) is 31.9 Å². The summed E-state index contributed by atoms with van der Waals surface area (Å²) in [6, 6.07) is 4.22. The lowest BCUT2D eigenvalue weighted by atomic mass is 10.2.